The number of alkyl carbamates (subject to hydrolysis) is 1. The number of carboxylic acids is 1. The van der Waals surface area contributed by atoms with Crippen molar-refractivity contribution in [3.05, 3.63) is 59.7 Å². The zero-order chi connectivity index (χ0) is 20.2. The van der Waals surface area contributed by atoms with Crippen molar-refractivity contribution in [2.24, 2.45) is 5.92 Å². The number of rotatable bonds is 6. The predicted octanol–water partition coefficient (Wildman–Crippen LogP) is 3.80. The van der Waals surface area contributed by atoms with Crippen LogP contribution in [0.1, 0.15) is 36.3 Å². The number of nitrogens with one attached hydrogen (secondary N) is 1. The maximum absolute atomic E-state index is 12.4. The molecule has 2 aliphatic rings. The normalized spacial score (nSPS) is 17.2. The van der Waals surface area contributed by atoms with Crippen LogP contribution in [-0.2, 0) is 14.3 Å². The summed E-state index contributed by atoms with van der Waals surface area (Å²) in [6.45, 7) is 1.45. The predicted molar refractivity (Wildman–Crippen MR) is 108 cm³/mol. The van der Waals surface area contributed by atoms with Crippen LogP contribution in [0.3, 0.4) is 0 Å². The van der Waals surface area contributed by atoms with Crippen molar-refractivity contribution in [3.63, 3.8) is 0 Å². The van der Waals surface area contributed by atoms with Gasteiger partial charge in [-0.1, -0.05) is 48.5 Å². The van der Waals surface area contributed by atoms with Crippen LogP contribution < -0.4 is 5.32 Å². The molecule has 4 rings (SSSR count). The fourth-order valence-electron chi connectivity index (χ4n) is 4.32. The van der Waals surface area contributed by atoms with Gasteiger partial charge in [-0.05, 0) is 47.4 Å². The molecule has 1 atom stereocenters. The summed E-state index contributed by atoms with van der Waals surface area (Å²) in [5, 5.41) is 12.0. The first-order chi connectivity index (χ1) is 14.1. The van der Waals surface area contributed by atoms with Crippen molar-refractivity contribution in [3.8, 4) is 11.1 Å². The van der Waals surface area contributed by atoms with E-state index >= 15 is 0 Å². The van der Waals surface area contributed by atoms with Gasteiger partial charge in [0.2, 0.25) is 0 Å². The number of aliphatic carboxylic acids is 1. The summed E-state index contributed by atoms with van der Waals surface area (Å²) in [4.78, 5) is 24.0. The molecule has 29 heavy (non-hydrogen) atoms. The van der Waals surface area contributed by atoms with Crippen LogP contribution in [0.2, 0.25) is 0 Å². The second-order valence-electron chi connectivity index (χ2n) is 7.65. The molecule has 2 aromatic carbocycles. The Morgan fingerprint density at radius 2 is 1.62 bits per heavy atom. The van der Waals surface area contributed by atoms with E-state index in [0.717, 1.165) is 35.1 Å². The number of fused-ring (bicyclic) bond motifs is 3. The number of ether oxygens (including phenoxy) is 2. The summed E-state index contributed by atoms with van der Waals surface area (Å²) in [5.74, 6) is -0.851. The first-order valence-electron chi connectivity index (χ1n) is 10.1. The minimum Gasteiger partial charge on any atom is -0.480 e. The summed E-state index contributed by atoms with van der Waals surface area (Å²) in [6, 6.07) is 15.2. The Balaban J connectivity index is 1.39. The number of hydrogen-bond acceptors (Lipinski definition) is 4. The highest BCUT2D eigenvalue weighted by Gasteiger charge is 2.30. The van der Waals surface area contributed by atoms with Gasteiger partial charge in [0.1, 0.15) is 12.6 Å². The van der Waals surface area contributed by atoms with Gasteiger partial charge < -0.3 is 19.9 Å². The maximum Gasteiger partial charge on any atom is 0.407 e. The summed E-state index contributed by atoms with van der Waals surface area (Å²) in [5.41, 5.74) is 4.55. The smallest absolute Gasteiger partial charge is 0.407 e. The molecule has 0 bridgehead atoms. The van der Waals surface area contributed by atoms with Gasteiger partial charge in [0.05, 0.1) is 0 Å². The minimum absolute atomic E-state index is 0.0491. The Labute approximate surface area is 169 Å². The molecular weight excluding hydrogens is 370 g/mol. The van der Waals surface area contributed by atoms with Gasteiger partial charge in [-0.15, -0.1) is 0 Å². The van der Waals surface area contributed by atoms with Crippen LogP contribution in [0.5, 0.6) is 0 Å². The van der Waals surface area contributed by atoms with Crippen molar-refractivity contribution in [2.45, 2.75) is 31.2 Å². The van der Waals surface area contributed by atoms with E-state index < -0.39 is 18.1 Å². The first kappa shape index (κ1) is 19.5. The van der Waals surface area contributed by atoms with Crippen LogP contribution in [0.25, 0.3) is 11.1 Å². The van der Waals surface area contributed by atoms with E-state index in [2.05, 4.69) is 17.4 Å². The van der Waals surface area contributed by atoms with Gasteiger partial charge in [0, 0.05) is 19.1 Å². The second-order valence-corrected chi connectivity index (χ2v) is 7.65. The van der Waals surface area contributed by atoms with E-state index in [9.17, 15) is 14.7 Å². The Hall–Kier alpha value is -2.86. The Kier molecular flexibility index (Phi) is 5.81. The van der Waals surface area contributed by atoms with Crippen molar-refractivity contribution in [2.75, 3.05) is 19.8 Å². The van der Waals surface area contributed by atoms with Gasteiger partial charge in [-0.25, -0.2) is 9.59 Å². The molecule has 0 spiro atoms. The van der Waals surface area contributed by atoms with Crippen LogP contribution in [0, 0.1) is 5.92 Å². The second kappa shape index (κ2) is 8.66. The van der Waals surface area contributed by atoms with Crippen molar-refractivity contribution >= 4 is 12.1 Å². The van der Waals surface area contributed by atoms with E-state index in [-0.39, 0.29) is 18.4 Å². The van der Waals surface area contributed by atoms with Crippen LogP contribution in [-0.4, -0.2) is 43.0 Å². The van der Waals surface area contributed by atoms with Crippen molar-refractivity contribution < 1.29 is 24.2 Å². The first-order valence-corrected chi connectivity index (χ1v) is 10.1. The van der Waals surface area contributed by atoms with Gasteiger partial charge in [0.15, 0.2) is 0 Å². The number of amides is 1. The summed E-state index contributed by atoms with van der Waals surface area (Å²) in [7, 11) is 0. The monoisotopic (exact) mass is 395 g/mol. The van der Waals surface area contributed by atoms with E-state index in [0.29, 0.717) is 19.6 Å². The fraction of sp³-hybridized carbons (Fsp3) is 0.391. The minimum atomic E-state index is -1.04. The summed E-state index contributed by atoms with van der Waals surface area (Å²) in [6.07, 6.45) is 1.33. The van der Waals surface area contributed by atoms with Gasteiger partial charge >= 0.3 is 12.1 Å². The largest absolute Gasteiger partial charge is 0.480 e. The number of carboxylic acid groups (broad SMARTS) is 1. The molecule has 6 nitrogen and oxygen atoms in total. The Bertz CT molecular complexity index is 845. The summed E-state index contributed by atoms with van der Waals surface area (Å²) < 4.78 is 10.8. The average Bonchev–Trinajstić information content (AvgIpc) is 3.06. The zero-order valence-corrected chi connectivity index (χ0v) is 16.2. The lowest BCUT2D eigenvalue weighted by molar-refractivity contribution is -0.140. The lowest BCUT2D eigenvalue weighted by Crippen LogP contribution is -2.43. The van der Waals surface area contributed by atoms with E-state index in [1.165, 1.54) is 0 Å². The quantitative estimate of drug-likeness (QED) is 0.777. The third-order valence-corrected chi connectivity index (χ3v) is 5.84. The number of carbonyl (C=O) groups is 2. The highest BCUT2D eigenvalue weighted by atomic mass is 16.5. The highest BCUT2D eigenvalue weighted by molar-refractivity contribution is 5.81. The zero-order valence-electron chi connectivity index (χ0n) is 16.2. The van der Waals surface area contributed by atoms with Gasteiger partial charge in [0.25, 0.3) is 0 Å². The lowest BCUT2D eigenvalue weighted by Gasteiger charge is -2.25. The molecule has 6 heteroatoms. The lowest BCUT2D eigenvalue weighted by atomic mass is 9.92. The molecule has 1 amide bonds. The molecule has 1 fully saturated rings. The van der Waals surface area contributed by atoms with Crippen LogP contribution >= 0.6 is 0 Å². The van der Waals surface area contributed by atoms with E-state index in [1.54, 1.807) is 0 Å². The maximum atomic E-state index is 12.4. The molecule has 0 saturated carbocycles. The molecule has 1 aliphatic heterocycles. The van der Waals surface area contributed by atoms with Crippen molar-refractivity contribution in [1.29, 1.82) is 0 Å². The molecular formula is C23H25NO5. The molecule has 2 aromatic rings. The molecule has 152 valence electrons. The van der Waals surface area contributed by atoms with Gasteiger partial charge in [-0.2, -0.15) is 0 Å². The fourth-order valence-corrected chi connectivity index (χ4v) is 4.32. The third-order valence-electron chi connectivity index (χ3n) is 5.84. The molecule has 0 radical (unpaired) electrons. The molecule has 1 unspecified atom stereocenters. The average molecular weight is 395 g/mol. The Morgan fingerprint density at radius 3 is 2.21 bits per heavy atom. The SMILES string of the molecule is O=C(NC(CC1CCOCC1)C(=O)O)OCC1c2ccccc2-c2ccccc21. The number of hydrogen-bond donors (Lipinski definition) is 2. The Morgan fingerprint density at radius 1 is 1.03 bits per heavy atom. The number of benzene rings is 2. The highest BCUT2D eigenvalue weighted by Crippen LogP contribution is 2.44. The summed E-state index contributed by atoms with van der Waals surface area (Å²) >= 11 is 0. The molecule has 1 saturated heterocycles. The van der Waals surface area contributed by atoms with Crippen molar-refractivity contribution in [1.82, 2.24) is 5.32 Å². The van der Waals surface area contributed by atoms with Crippen LogP contribution in [0.15, 0.2) is 48.5 Å². The number of carbonyl (C=O) groups excluding carboxylic acids is 1. The van der Waals surface area contributed by atoms with E-state index in [4.69, 9.17) is 9.47 Å². The molecule has 0 aromatic heterocycles. The van der Waals surface area contributed by atoms with Crippen LogP contribution in [0.4, 0.5) is 4.79 Å². The molecule has 1 aliphatic carbocycles. The molecule has 2 N–H and O–H groups in total. The van der Waals surface area contributed by atoms with Gasteiger partial charge in [-0.3, -0.25) is 0 Å². The molecule has 1 heterocycles. The topological polar surface area (TPSA) is 84.9 Å². The van der Waals surface area contributed by atoms with E-state index in [1.807, 2.05) is 36.4 Å². The third kappa shape index (κ3) is 4.27. The standard InChI is InChI=1S/C23H25NO5/c25-22(26)21(13-15-9-11-28-12-10-15)24-23(27)29-14-20-18-7-3-1-5-16(18)17-6-2-4-8-19(17)20/h1-8,15,20-21H,9-14H2,(H,24,27)(H,25,26).